The smallest absolute Gasteiger partial charge is 0.262 e. The quantitative estimate of drug-likeness (QED) is 0.404. The summed E-state index contributed by atoms with van der Waals surface area (Å²) in [7, 11) is 2.00. The molecule has 6 nitrogen and oxygen atoms in total. The first-order valence-electron chi connectivity index (χ1n) is 7.86. The third-order valence-corrected chi connectivity index (χ3v) is 3.64. The van der Waals surface area contributed by atoms with E-state index in [1.807, 2.05) is 20.0 Å². The molecule has 0 radical (unpaired) electrons. The molecule has 1 aromatic carbocycles. The van der Waals surface area contributed by atoms with Crippen LogP contribution in [0.25, 0.3) is 6.08 Å². The molecule has 0 heterocycles. The van der Waals surface area contributed by atoms with Gasteiger partial charge >= 0.3 is 0 Å². The van der Waals surface area contributed by atoms with E-state index in [4.69, 9.17) is 0 Å². The lowest BCUT2D eigenvalue weighted by atomic mass is 10.1. The molecule has 1 atom stereocenters. The molecule has 0 spiro atoms. The van der Waals surface area contributed by atoms with E-state index in [1.54, 1.807) is 0 Å². The fourth-order valence-corrected chi connectivity index (χ4v) is 2.19. The molecule has 0 aromatic heterocycles. The minimum atomic E-state index is -0.463. The molecule has 0 saturated heterocycles. The molecule has 0 bridgehead atoms. The van der Waals surface area contributed by atoms with Crippen LogP contribution in [0.1, 0.15) is 26.3 Å². The van der Waals surface area contributed by atoms with Crippen LogP contribution < -0.4 is 5.32 Å². The predicted octanol–water partition coefficient (Wildman–Crippen LogP) is 2.10. The second kappa shape index (κ2) is 8.94. The molecule has 24 heavy (non-hydrogen) atoms. The van der Waals surface area contributed by atoms with E-state index in [0.29, 0.717) is 18.0 Å². The van der Waals surface area contributed by atoms with Gasteiger partial charge in [0.2, 0.25) is 0 Å². The molecule has 130 valence electrons. The number of aromatic hydroxyl groups is 2. The predicted molar refractivity (Wildman–Crippen MR) is 93.3 cm³/mol. The van der Waals surface area contributed by atoms with Crippen molar-refractivity contribution in [3.8, 4) is 17.6 Å². The molecular formula is C18H25N3O3. The fourth-order valence-electron chi connectivity index (χ4n) is 2.19. The van der Waals surface area contributed by atoms with Crippen LogP contribution in [0.5, 0.6) is 11.5 Å². The molecule has 1 rings (SSSR count). The Morgan fingerprint density at radius 2 is 2.00 bits per heavy atom. The van der Waals surface area contributed by atoms with Crippen molar-refractivity contribution in [1.29, 1.82) is 5.26 Å². The zero-order valence-electron chi connectivity index (χ0n) is 14.6. The number of likely N-dealkylation sites (N-methyl/N-ethyl adjacent to an activating group) is 1. The van der Waals surface area contributed by atoms with Gasteiger partial charge in [-0.2, -0.15) is 5.26 Å². The molecule has 0 saturated carbocycles. The van der Waals surface area contributed by atoms with Gasteiger partial charge in [0.1, 0.15) is 11.6 Å². The highest BCUT2D eigenvalue weighted by atomic mass is 16.3. The summed E-state index contributed by atoms with van der Waals surface area (Å²) in [6.45, 7) is 7.62. The zero-order valence-corrected chi connectivity index (χ0v) is 14.6. The minimum Gasteiger partial charge on any atom is -0.504 e. The Labute approximate surface area is 143 Å². The SMILES string of the molecule is CC(C)CN(C)C(C)CNC(=O)/C(C#N)=C/c1ccc(O)c(O)c1. The molecule has 0 aliphatic carbocycles. The fraction of sp³-hybridized carbons (Fsp3) is 0.444. The third-order valence-electron chi connectivity index (χ3n) is 3.64. The summed E-state index contributed by atoms with van der Waals surface area (Å²) in [5, 5.41) is 30.7. The highest BCUT2D eigenvalue weighted by Crippen LogP contribution is 2.25. The van der Waals surface area contributed by atoms with Gasteiger partial charge in [-0.3, -0.25) is 4.79 Å². The molecule has 1 unspecified atom stereocenters. The van der Waals surface area contributed by atoms with Gasteiger partial charge in [-0.15, -0.1) is 0 Å². The van der Waals surface area contributed by atoms with Crippen molar-refractivity contribution >= 4 is 12.0 Å². The third kappa shape index (κ3) is 5.94. The van der Waals surface area contributed by atoms with Crippen molar-refractivity contribution in [3.05, 3.63) is 29.3 Å². The summed E-state index contributed by atoms with van der Waals surface area (Å²) in [5.74, 6) is -0.484. The number of benzene rings is 1. The van der Waals surface area contributed by atoms with Crippen molar-refractivity contribution in [1.82, 2.24) is 10.2 Å². The average Bonchev–Trinajstić information content (AvgIpc) is 2.52. The van der Waals surface area contributed by atoms with E-state index in [2.05, 4.69) is 24.1 Å². The summed E-state index contributed by atoms with van der Waals surface area (Å²) in [5.41, 5.74) is 0.403. The Hall–Kier alpha value is -2.52. The Morgan fingerprint density at radius 3 is 2.54 bits per heavy atom. The highest BCUT2D eigenvalue weighted by molar-refractivity contribution is 6.01. The van der Waals surface area contributed by atoms with Crippen LogP contribution in [0, 0.1) is 17.2 Å². The van der Waals surface area contributed by atoms with E-state index >= 15 is 0 Å². The maximum Gasteiger partial charge on any atom is 0.262 e. The van der Waals surface area contributed by atoms with E-state index in [0.717, 1.165) is 6.54 Å². The zero-order chi connectivity index (χ0) is 18.3. The lowest BCUT2D eigenvalue weighted by molar-refractivity contribution is -0.117. The van der Waals surface area contributed by atoms with Crippen molar-refractivity contribution in [2.24, 2.45) is 5.92 Å². The van der Waals surface area contributed by atoms with Gasteiger partial charge in [0, 0.05) is 19.1 Å². The lowest BCUT2D eigenvalue weighted by Crippen LogP contribution is -2.41. The Bertz CT molecular complexity index is 647. The first-order chi connectivity index (χ1) is 11.2. The van der Waals surface area contributed by atoms with Crippen LogP contribution in [0.15, 0.2) is 23.8 Å². The summed E-state index contributed by atoms with van der Waals surface area (Å²) in [6.07, 6.45) is 1.37. The van der Waals surface area contributed by atoms with Gasteiger partial charge in [-0.25, -0.2) is 0 Å². The van der Waals surface area contributed by atoms with Crippen LogP contribution in [0.4, 0.5) is 0 Å². The standard InChI is InChI=1S/C18H25N3O3/c1-12(2)11-21(4)13(3)10-20-18(24)15(9-19)7-14-5-6-16(22)17(23)8-14/h5-8,12-13,22-23H,10-11H2,1-4H3,(H,20,24)/b15-7+. The maximum atomic E-state index is 12.1. The van der Waals surface area contributed by atoms with Crippen molar-refractivity contribution in [2.45, 2.75) is 26.8 Å². The number of nitriles is 1. The van der Waals surface area contributed by atoms with E-state index < -0.39 is 5.91 Å². The van der Waals surface area contributed by atoms with Gasteiger partial charge in [0.25, 0.3) is 5.91 Å². The maximum absolute atomic E-state index is 12.1. The number of nitrogens with one attached hydrogen (secondary N) is 1. The number of hydrogen-bond acceptors (Lipinski definition) is 5. The summed E-state index contributed by atoms with van der Waals surface area (Å²) in [6, 6.07) is 6.11. The Balaban J connectivity index is 2.72. The number of carbonyl (C=O) groups excluding carboxylic acids is 1. The number of nitrogens with zero attached hydrogens (tertiary/aromatic N) is 2. The summed E-state index contributed by atoms with van der Waals surface area (Å²) < 4.78 is 0. The molecule has 0 fully saturated rings. The first-order valence-corrected chi connectivity index (χ1v) is 7.86. The highest BCUT2D eigenvalue weighted by Gasteiger charge is 2.14. The average molecular weight is 331 g/mol. The van der Waals surface area contributed by atoms with E-state index in [1.165, 1.54) is 24.3 Å². The molecule has 1 aromatic rings. The van der Waals surface area contributed by atoms with Crippen LogP contribution in [-0.4, -0.2) is 47.2 Å². The largest absolute Gasteiger partial charge is 0.504 e. The number of amides is 1. The number of carbonyl (C=O) groups is 1. The molecule has 3 N–H and O–H groups in total. The van der Waals surface area contributed by atoms with Crippen LogP contribution in [0.3, 0.4) is 0 Å². The second-order valence-corrected chi connectivity index (χ2v) is 6.31. The summed E-state index contributed by atoms with van der Waals surface area (Å²) >= 11 is 0. The van der Waals surface area contributed by atoms with Crippen molar-refractivity contribution in [2.75, 3.05) is 20.1 Å². The molecule has 0 aliphatic rings. The van der Waals surface area contributed by atoms with Crippen molar-refractivity contribution < 1.29 is 15.0 Å². The van der Waals surface area contributed by atoms with Crippen molar-refractivity contribution in [3.63, 3.8) is 0 Å². The number of rotatable bonds is 7. The van der Waals surface area contributed by atoms with E-state index in [9.17, 15) is 20.3 Å². The molecular weight excluding hydrogens is 306 g/mol. The van der Waals surface area contributed by atoms with Gasteiger partial charge in [-0.05, 0) is 43.7 Å². The molecule has 0 aliphatic heterocycles. The first kappa shape index (κ1) is 19.5. The van der Waals surface area contributed by atoms with E-state index in [-0.39, 0.29) is 23.1 Å². The molecule has 6 heteroatoms. The minimum absolute atomic E-state index is 0.0567. The topological polar surface area (TPSA) is 96.6 Å². The van der Waals surface area contributed by atoms with Gasteiger partial charge < -0.3 is 20.4 Å². The monoisotopic (exact) mass is 331 g/mol. The van der Waals surface area contributed by atoms with Gasteiger partial charge in [0.05, 0.1) is 0 Å². The number of hydrogen-bond donors (Lipinski definition) is 3. The number of phenols is 2. The second-order valence-electron chi connectivity index (χ2n) is 6.31. The molecule has 1 amide bonds. The normalized spacial score (nSPS) is 13.0. The van der Waals surface area contributed by atoms with Crippen LogP contribution in [-0.2, 0) is 4.79 Å². The van der Waals surface area contributed by atoms with Gasteiger partial charge in [-0.1, -0.05) is 19.9 Å². The van der Waals surface area contributed by atoms with Crippen LogP contribution >= 0.6 is 0 Å². The Morgan fingerprint density at radius 1 is 1.33 bits per heavy atom. The van der Waals surface area contributed by atoms with Crippen LogP contribution in [0.2, 0.25) is 0 Å². The lowest BCUT2D eigenvalue weighted by Gasteiger charge is -2.26. The summed E-state index contributed by atoms with van der Waals surface area (Å²) in [4.78, 5) is 14.3. The van der Waals surface area contributed by atoms with Gasteiger partial charge in [0.15, 0.2) is 11.5 Å². The number of phenolic OH excluding ortho intramolecular Hbond substituents is 2. The Kier molecular flexibility index (Phi) is 7.28.